The zero-order chi connectivity index (χ0) is 20.3. The molecule has 4 rings (SSSR count). The second kappa shape index (κ2) is 8.90. The lowest BCUT2D eigenvalue weighted by Crippen LogP contribution is -2.15. The number of nitrogens with zero attached hydrogens (tertiary/aromatic N) is 1. The zero-order valence-corrected chi connectivity index (χ0v) is 18.5. The Morgan fingerprint density at radius 3 is 2.83 bits per heavy atom. The van der Waals surface area contributed by atoms with E-state index in [2.05, 4.69) is 43.1 Å². The summed E-state index contributed by atoms with van der Waals surface area (Å²) in [4.78, 5) is 4.28. The van der Waals surface area contributed by atoms with Crippen molar-refractivity contribution in [3.63, 3.8) is 0 Å². The molecule has 0 radical (unpaired) electrons. The molecule has 0 bridgehead atoms. The van der Waals surface area contributed by atoms with Gasteiger partial charge >= 0.3 is 0 Å². The average molecular weight is 392 g/mol. The number of benzene rings is 1. The van der Waals surface area contributed by atoms with Crippen molar-refractivity contribution in [2.75, 3.05) is 7.11 Å². The predicted molar refractivity (Wildman–Crippen MR) is 121 cm³/mol. The highest BCUT2D eigenvalue weighted by atomic mass is 16.5. The maximum atomic E-state index is 5.29. The highest BCUT2D eigenvalue weighted by Gasteiger charge is 2.34. The summed E-state index contributed by atoms with van der Waals surface area (Å²) in [6, 6.07) is 9.61. The Morgan fingerprint density at radius 2 is 2.03 bits per heavy atom. The van der Waals surface area contributed by atoms with Crippen LogP contribution in [0.25, 0.3) is 0 Å². The Kier molecular flexibility index (Phi) is 6.27. The normalized spacial score (nSPS) is 26.3. The molecule has 2 aliphatic rings. The van der Waals surface area contributed by atoms with Gasteiger partial charge in [-0.2, -0.15) is 0 Å². The molecule has 0 amide bonds. The first kappa shape index (κ1) is 20.4. The molecule has 1 aromatic heterocycles. The van der Waals surface area contributed by atoms with Gasteiger partial charge in [0.25, 0.3) is 0 Å². The standard InChI is InChI=1S/C27H37NO/c1-4-27(2)13-12-25(17-27)24-11-10-22-14-20(8-9-23(22)16-24)6-5-7-21-15-26(29-3)19-28-18-21/h10-11,15-16,18-20,25H,4-9,12-14,17H2,1-3H3/t20-,25-,27-/m0/s1. The number of rotatable bonds is 7. The molecule has 0 unspecified atom stereocenters. The highest BCUT2D eigenvalue weighted by Crippen LogP contribution is 2.48. The average Bonchev–Trinajstić information content (AvgIpc) is 3.16. The van der Waals surface area contributed by atoms with Gasteiger partial charge in [0, 0.05) is 6.20 Å². The summed E-state index contributed by atoms with van der Waals surface area (Å²) in [7, 11) is 1.71. The second-order valence-electron chi connectivity index (χ2n) is 9.87. The van der Waals surface area contributed by atoms with E-state index in [4.69, 9.17) is 4.74 Å². The Bertz CT molecular complexity index is 829. The van der Waals surface area contributed by atoms with Crippen LogP contribution < -0.4 is 4.74 Å². The van der Waals surface area contributed by atoms with E-state index >= 15 is 0 Å². The molecule has 3 atom stereocenters. The summed E-state index contributed by atoms with van der Waals surface area (Å²) in [5.74, 6) is 2.49. The molecule has 0 N–H and O–H groups in total. The van der Waals surface area contributed by atoms with Crippen LogP contribution in [0.2, 0.25) is 0 Å². The lowest BCUT2D eigenvalue weighted by atomic mass is 9.79. The molecule has 2 aliphatic carbocycles. The van der Waals surface area contributed by atoms with Crippen LogP contribution in [0.1, 0.15) is 87.0 Å². The van der Waals surface area contributed by atoms with Crippen LogP contribution in [-0.4, -0.2) is 12.1 Å². The van der Waals surface area contributed by atoms with Crippen molar-refractivity contribution >= 4 is 0 Å². The molecule has 2 aromatic rings. The number of hydrogen-bond donors (Lipinski definition) is 0. The molecular weight excluding hydrogens is 354 g/mol. The largest absolute Gasteiger partial charge is 0.495 e. The molecule has 1 aromatic carbocycles. The Balaban J connectivity index is 1.31. The molecule has 0 spiro atoms. The van der Waals surface area contributed by atoms with Gasteiger partial charge in [-0.3, -0.25) is 4.98 Å². The van der Waals surface area contributed by atoms with Crippen LogP contribution in [0.3, 0.4) is 0 Å². The van der Waals surface area contributed by atoms with Crippen LogP contribution in [0.15, 0.2) is 36.7 Å². The van der Waals surface area contributed by atoms with Crippen molar-refractivity contribution in [3.05, 3.63) is 58.9 Å². The van der Waals surface area contributed by atoms with Gasteiger partial charge < -0.3 is 4.74 Å². The molecule has 156 valence electrons. The summed E-state index contributed by atoms with van der Waals surface area (Å²) in [6.07, 6.45) is 16.8. The number of pyridine rings is 1. The SMILES string of the molecule is CC[C@@]1(C)CC[C@H](c2ccc3c(c2)CC[C@H](CCCc2cncc(OC)c2)C3)C1. The van der Waals surface area contributed by atoms with Gasteiger partial charge in [0.2, 0.25) is 0 Å². The first-order valence-corrected chi connectivity index (χ1v) is 11.7. The minimum Gasteiger partial charge on any atom is -0.495 e. The summed E-state index contributed by atoms with van der Waals surface area (Å²) in [6.45, 7) is 4.85. The molecule has 0 saturated heterocycles. The van der Waals surface area contributed by atoms with Gasteiger partial charge in [0.15, 0.2) is 0 Å². The van der Waals surface area contributed by atoms with Crippen molar-refractivity contribution < 1.29 is 4.74 Å². The summed E-state index contributed by atoms with van der Waals surface area (Å²) in [5, 5.41) is 0. The maximum Gasteiger partial charge on any atom is 0.137 e. The molecule has 1 fully saturated rings. The van der Waals surface area contributed by atoms with E-state index in [-0.39, 0.29) is 0 Å². The van der Waals surface area contributed by atoms with Gasteiger partial charge in [-0.1, -0.05) is 38.5 Å². The summed E-state index contributed by atoms with van der Waals surface area (Å²) in [5.41, 5.74) is 6.74. The van der Waals surface area contributed by atoms with Gasteiger partial charge in [-0.15, -0.1) is 0 Å². The van der Waals surface area contributed by atoms with E-state index in [1.807, 2.05) is 6.20 Å². The van der Waals surface area contributed by atoms with E-state index in [0.29, 0.717) is 5.41 Å². The number of fused-ring (bicyclic) bond motifs is 1. The summed E-state index contributed by atoms with van der Waals surface area (Å²) < 4.78 is 5.29. The van der Waals surface area contributed by atoms with Crippen LogP contribution in [0.5, 0.6) is 5.75 Å². The van der Waals surface area contributed by atoms with Crippen LogP contribution >= 0.6 is 0 Å². The first-order valence-electron chi connectivity index (χ1n) is 11.7. The highest BCUT2D eigenvalue weighted by molar-refractivity contribution is 5.36. The van der Waals surface area contributed by atoms with Gasteiger partial charge in [0.05, 0.1) is 13.3 Å². The third-order valence-electron chi connectivity index (χ3n) is 7.80. The van der Waals surface area contributed by atoms with E-state index in [1.165, 1.54) is 63.4 Å². The fourth-order valence-electron chi connectivity index (χ4n) is 5.58. The molecule has 1 saturated carbocycles. The smallest absolute Gasteiger partial charge is 0.137 e. The Hall–Kier alpha value is -1.83. The minimum absolute atomic E-state index is 0.573. The van der Waals surface area contributed by atoms with Crippen molar-refractivity contribution in [2.45, 2.75) is 84.0 Å². The third kappa shape index (κ3) is 4.85. The number of aryl methyl sites for hydroxylation is 2. The molecular formula is C27H37NO. The topological polar surface area (TPSA) is 22.1 Å². The number of aromatic nitrogens is 1. The van der Waals surface area contributed by atoms with Crippen molar-refractivity contribution in [1.82, 2.24) is 4.98 Å². The van der Waals surface area contributed by atoms with Crippen molar-refractivity contribution in [3.8, 4) is 5.75 Å². The van der Waals surface area contributed by atoms with Gasteiger partial charge in [-0.25, -0.2) is 0 Å². The number of hydrogen-bond acceptors (Lipinski definition) is 2. The zero-order valence-electron chi connectivity index (χ0n) is 18.5. The van der Waals surface area contributed by atoms with Crippen molar-refractivity contribution in [2.24, 2.45) is 11.3 Å². The lowest BCUT2D eigenvalue weighted by molar-refractivity contribution is 0.319. The van der Waals surface area contributed by atoms with Crippen LogP contribution in [-0.2, 0) is 19.3 Å². The number of methoxy groups -OCH3 is 1. The molecule has 0 aliphatic heterocycles. The van der Waals surface area contributed by atoms with Gasteiger partial charge in [-0.05, 0) is 103 Å². The van der Waals surface area contributed by atoms with Crippen LogP contribution in [0, 0.1) is 11.3 Å². The van der Waals surface area contributed by atoms with Crippen molar-refractivity contribution in [1.29, 1.82) is 0 Å². The molecule has 2 nitrogen and oxygen atoms in total. The minimum atomic E-state index is 0.573. The van der Waals surface area contributed by atoms with E-state index in [9.17, 15) is 0 Å². The van der Waals surface area contributed by atoms with E-state index in [0.717, 1.165) is 24.0 Å². The fraction of sp³-hybridized carbons (Fsp3) is 0.593. The third-order valence-corrected chi connectivity index (χ3v) is 7.80. The summed E-state index contributed by atoms with van der Waals surface area (Å²) >= 11 is 0. The number of ether oxygens (including phenoxy) is 1. The van der Waals surface area contributed by atoms with Crippen LogP contribution in [0.4, 0.5) is 0 Å². The van der Waals surface area contributed by atoms with E-state index < -0.39 is 0 Å². The lowest BCUT2D eigenvalue weighted by Gasteiger charge is -2.26. The monoisotopic (exact) mass is 391 g/mol. The maximum absolute atomic E-state index is 5.29. The van der Waals surface area contributed by atoms with E-state index in [1.54, 1.807) is 30.0 Å². The van der Waals surface area contributed by atoms with Gasteiger partial charge in [0.1, 0.15) is 5.75 Å². The molecule has 1 heterocycles. The molecule has 29 heavy (non-hydrogen) atoms. The Morgan fingerprint density at radius 1 is 1.14 bits per heavy atom. The predicted octanol–water partition coefficient (Wildman–Crippen LogP) is 6.90. The Labute approximate surface area is 177 Å². The first-order chi connectivity index (χ1) is 14.1. The quantitative estimate of drug-likeness (QED) is 0.512. The fourth-order valence-corrected chi connectivity index (χ4v) is 5.58. The molecule has 2 heteroatoms. The second-order valence-corrected chi connectivity index (χ2v) is 9.87.